The lowest BCUT2D eigenvalue weighted by Crippen LogP contribution is -2.57. The molecule has 0 aliphatic carbocycles. The number of aromatic amines is 1. The molecule has 0 fully saturated rings. The number of unbranched alkanes of at least 4 members (excludes halogenated alkanes) is 1. The highest BCUT2D eigenvalue weighted by atomic mass is 16.4. The van der Waals surface area contributed by atoms with Crippen LogP contribution in [0.4, 0.5) is 0 Å². The van der Waals surface area contributed by atoms with Gasteiger partial charge in [-0.1, -0.05) is 48.5 Å². The van der Waals surface area contributed by atoms with Gasteiger partial charge >= 0.3 is 5.97 Å². The Morgan fingerprint density at radius 2 is 1.43 bits per heavy atom. The van der Waals surface area contributed by atoms with E-state index in [0.29, 0.717) is 25.8 Å². The first-order valence-electron chi connectivity index (χ1n) is 15.4. The zero-order valence-electron chi connectivity index (χ0n) is 25.8. The van der Waals surface area contributed by atoms with Crippen molar-refractivity contribution in [2.75, 3.05) is 13.1 Å². The second-order valence-corrected chi connectivity index (χ2v) is 11.1. The number of carboxylic acids is 1. The predicted octanol–water partition coefficient (Wildman–Crippen LogP) is 0.212. The number of para-hydroxylation sites is 1. The van der Waals surface area contributed by atoms with Crippen LogP contribution in [-0.2, 0) is 32.0 Å². The molecule has 3 aromatic rings. The number of hydrogen-bond donors (Lipinski definition) is 10. The fourth-order valence-electron chi connectivity index (χ4n) is 5.06. The van der Waals surface area contributed by atoms with E-state index < -0.39 is 47.9 Å². The SMILES string of the molecule is N=C(N)NCCC[C@H](NC(=O)[C@@H](N)Cc1ccccc1)C(=O)N[C@@H](Cc1c[nH]c2ccccc12)C(=O)N[C@@H](CCCCN)C(=O)O. The van der Waals surface area contributed by atoms with Gasteiger partial charge in [-0.3, -0.25) is 19.8 Å². The summed E-state index contributed by atoms with van der Waals surface area (Å²) in [5.74, 6) is -3.30. The zero-order chi connectivity index (χ0) is 33.5. The Balaban J connectivity index is 1.82. The van der Waals surface area contributed by atoms with Gasteiger partial charge in [0.25, 0.3) is 0 Å². The number of benzene rings is 2. The molecule has 0 saturated carbocycles. The highest BCUT2D eigenvalue weighted by molar-refractivity contribution is 5.95. The van der Waals surface area contributed by atoms with Crippen LogP contribution >= 0.6 is 0 Å². The first-order valence-corrected chi connectivity index (χ1v) is 15.4. The van der Waals surface area contributed by atoms with Gasteiger partial charge in [-0.15, -0.1) is 0 Å². The normalized spacial score (nSPS) is 13.6. The summed E-state index contributed by atoms with van der Waals surface area (Å²) in [5, 5.41) is 28.7. The summed E-state index contributed by atoms with van der Waals surface area (Å²) < 4.78 is 0. The van der Waals surface area contributed by atoms with Crippen LogP contribution in [0.2, 0.25) is 0 Å². The Bertz CT molecular complexity index is 1460. The highest BCUT2D eigenvalue weighted by Crippen LogP contribution is 2.19. The van der Waals surface area contributed by atoms with Crippen LogP contribution in [-0.4, -0.2) is 77.0 Å². The molecule has 14 nitrogen and oxygen atoms in total. The predicted molar refractivity (Wildman–Crippen MR) is 176 cm³/mol. The molecule has 0 spiro atoms. The first kappa shape index (κ1) is 35.5. The summed E-state index contributed by atoms with van der Waals surface area (Å²) in [6.07, 6.45) is 3.81. The number of nitrogens with two attached hydrogens (primary N) is 3. The number of nitrogens with one attached hydrogen (secondary N) is 6. The average Bonchev–Trinajstić information content (AvgIpc) is 3.44. The molecule has 14 heteroatoms. The van der Waals surface area contributed by atoms with Gasteiger partial charge in [-0.05, 0) is 62.3 Å². The van der Waals surface area contributed by atoms with Crippen LogP contribution in [0.3, 0.4) is 0 Å². The zero-order valence-corrected chi connectivity index (χ0v) is 25.8. The first-order chi connectivity index (χ1) is 22.1. The number of hydrogen-bond acceptors (Lipinski definition) is 7. The summed E-state index contributed by atoms with van der Waals surface area (Å²) in [6.45, 7) is 0.664. The summed E-state index contributed by atoms with van der Waals surface area (Å²) in [4.78, 5) is 55.6. The molecule has 0 saturated heterocycles. The van der Waals surface area contributed by atoms with Gasteiger partial charge in [-0.25, -0.2) is 4.79 Å². The van der Waals surface area contributed by atoms with E-state index in [4.69, 9.17) is 22.6 Å². The molecule has 4 atom stereocenters. The molecular formula is C32H45N9O5. The molecular weight excluding hydrogens is 590 g/mol. The van der Waals surface area contributed by atoms with Gasteiger partial charge in [0.1, 0.15) is 18.1 Å². The van der Waals surface area contributed by atoms with E-state index >= 15 is 0 Å². The van der Waals surface area contributed by atoms with Gasteiger partial charge in [-0.2, -0.15) is 0 Å². The van der Waals surface area contributed by atoms with Crippen molar-refractivity contribution in [1.29, 1.82) is 5.41 Å². The number of carbonyl (C=O) groups excluding carboxylic acids is 3. The van der Waals surface area contributed by atoms with Crippen molar-refractivity contribution in [2.45, 2.75) is 69.1 Å². The molecule has 1 aromatic heterocycles. The summed E-state index contributed by atoms with van der Waals surface area (Å²) >= 11 is 0. The van der Waals surface area contributed by atoms with Crippen LogP contribution in [0.1, 0.15) is 43.2 Å². The van der Waals surface area contributed by atoms with Gasteiger partial charge in [0, 0.05) is 30.1 Å². The number of guanidine groups is 1. The lowest BCUT2D eigenvalue weighted by atomic mass is 10.0. The number of aromatic nitrogens is 1. The maximum atomic E-state index is 13.8. The van der Waals surface area contributed by atoms with Gasteiger partial charge in [0.2, 0.25) is 17.7 Å². The van der Waals surface area contributed by atoms with E-state index in [1.807, 2.05) is 54.6 Å². The monoisotopic (exact) mass is 635 g/mol. The average molecular weight is 636 g/mol. The molecule has 0 unspecified atom stereocenters. The summed E-state index contributed by atoms with van der Waals surface area (Å²) in [5.41, 5.74) is 19.5. The van der Waals surface area contributed by atoms with Crippen LogP contribution in [0, 0.1) is 5.41 Å². The van der Waals surface area contributed by atoms with E-state index in [0.717, 1.165) is 22.0 Å². The molecule has 13 N–H and O–H groups in total. The number of aliphatic carboxylic acids is 1. The quantitative estimate of drug-likeness (QED) is 0.0490. The Labute approximate surface area is 267 Å². The molecule has 3 rings (SSSR count). The van der Waals surface area contributed by atoms with Crippen molar-refractivity contribution in [3.05, 3.63) is 71.9 Å². The third-order valence-electron chi connectivity index (χ3n) is 7.55. The maximum Gasteiger partial charge on any atom is 0.326 e. The fourth-order valence-corrected chi connectivity index (χ4v) is 5.06. The molecule has 0 bridgehead atoms. The Hall–Kier alpha value is -4.95. The number of amides is 3. The van der Waals surface area contributed by atoms with E-state index in [9.17, 15) is 24.3 Å². The van der Waals surface area contributed by atoms with Gasteiger partial charge in [0.05, 0.1) is 6.04 Å². The Morgan fingerprint density at radius 3 is 2.13 bits per heavy atom. The minimum atomic E-state index is -1.20. The summed E-state index contributed by atoms with van der Waals surface area (Å²) in [6, 6.07) is 12.3. The van der Waals surface area contributed by atoms with Crippen molar-refractivity contribution in [3.8, 4) is 0 Å². The number of H-pyrrole nitrogens is 1. The van der Waals surface area contributed by atoms with Crippen LogP contribution < -0.4 is 38.5 Å². The Morgan fingerprint density at radius 1 is 0.804 bits per heavy atom. The van der Waals surface area contributed by atoms with Gasteiger partial charge < -0.3 is 48.6 Å². The molecule has 3 amide bonds. The lowest BCUT2D eigenvalue weighted by molar-refractivity contribution is -0.142. The van der Waals surface area contributed by atoms with E-state index in [1.165, 1.54) is 0 Å². The number of carbonyl (C=O) groups is 4. The molecule has 0 aliphatic rings. The van der Waals surface area contributed by atoms with Crippen molar-refractivity contribution in [1.82, 2.24) is 26.3 Å². The van der Waals surface area contributed by atoms with Gasteiger partial charge in [0.15, 0.2) is 5.96 Å². The van der Waals surface area contributed by atoms with Crippen LogP contribution in [0.25, 0.3) is 10.9 Å². The molecule has 1 heterocycles. The number of carboxylic acid groups (broad SMARTS) is 1. The largest absolute Gasteiger partial charge is 0.480 e. The van der Waals surface area contributed by atoms with E-state index in [-0.39, 0.29) is 38.2 Å². The molecule has 2 aromatic carbocycles. The summed E-state index contributed by atoms with van der Waals surface area (Å²) in [7, 11) is 0. The fraction of sp³-hybridized carbons (Fsp3) is 0.406. The van der Waals surface area contributed by atoms with Crippen molar-refractivity contribution >= 4 is 40.6 Å². The van der Waals surface area contributed by atoms with Crippen molar-refractivity contribution < 1.29 is 24.3 Å². The van der Waals surface area contributed by atoms with Crippen LogP contribution in [0.5, 0.6) is 0 Å². The minimum absolute atomic E-state index is 0.0524. The lowest BCUT2D eigenvalue weighted by Gasteiger charge is -2.25. The third kappa shape index (κ3) is 11.2. The van der Waals surface area contributed by atoms with Crippen molar-refractivity contribution in [3.63, 3.8) is 0 Å². The Kier molecular flexibility index (Phi) is 14.0. The number of rotatable bonds is 19. The third-order valence-corrected chi connectivity index (χ3v) is 7.55. The highest BCUT2D eigenvalue weighted by Gasteiger charge is 2.31. The molecule has 248 valence electrons. The maximum absolute atomic E-state index is 13.8. The molecule has 0 aliphatic heterocycles. The topological polar surface area (TPSA) is 254 Å². The second-order valence-electron chi connectivity index (χ2n) is 11.1. The standard InChI is InChI=1S/C32H45N9O5/c33-15-7-6-13-26(31(45)46)40-30(44)27(18-21-19-38-24-12-5-4-11-22(21)24)41-29(43)25(14-8-16-37-32(35)36)39-28(42)23(34)17-20-9-2-1-3-10-20/h1-5,9-12,19,23,25-27,38H,6-8,13-18,33-34H2,(H,39,42)(H,40,44)(H,41,43)(H,45,46)(H4,35,36,37)/t23-,25-,26-,27-/m0/s1. The smallest absolute Gasteiger partial charge is 0.326 e. The minimum Gasteiger partial charge on any atom is -0.480 e. The molecule has 0 radical (unpaired) electrons. The van der Waals surface area contributed by atoms with Crippen LogP contribution in [0.15, 0.2) is 60.8 Å². The van der Waals surface area contributed by atoms with E-state index in [1.54, 1.807) is 6.20 Å². The number of fused-ring (bicyclic) bond motifs is 1. The van der Waals surface area contributed by atoms with Crippen molar-refractivity contribution in [2.24, 2.45) is 17.2 Å². The van der Waals surface area contributed by atoms with E-state index in [2.05, 4.69) is 26.3 Å². The molecule has 46 heavy (non-hydrogen) atoms. The second kappa shape index (κ2) is 18.1.